The maximum Gasteiger partial charge on any atom is 0.244 e. The minimum absolute atomic E-state index is 0.120. The molecule has 6 heteroatoms. The molecule has 0 heterocycles. The van der Waals surface area contributed by atoms with Crippen LogP contribution in [0.1, 0.15) is 18.4 Å². The van der Waals surface area contributed by atoms with Gasteiger partial charge in [-0.15, -0.1) is 6.58 Å². The van der Waals surface area contributed by atoms with Gasteiger partial charge in [-0.05, 0) is 53.4 Å². The van der Waals surface area contributed by atoms with Gasteiger partial charge >= 0.3 is 0 Å². The summed E-state index contributed by atoms with van der Waals surface area (Å²) in [7, 11) is -3.48. The average Bonchev–Trinajstić information content (AvgIpc) is 3.14. The number of halogens is 2. The first-order valence-corrected chi connectivity index (χ1v) is 8.99. The zero-order chi connectivity index (χ0) is 14.2. The van der Waals surface area contributed by atoms with E-state index < -0.39 is 10.0 Å². The highest BCUT2D eigenvalue weighted by Crippen LogP contribution is 2.36. The molecule has 0 atom stereocenters. The molecule has 0 radical (unpaired) electrons. The van der Waals surface area contributed by atoms with E-state index in [0.717, 1.165) is 22.9 Å². The lowest BCUT2D eigenvalue weighted by Crippen LogP contribution is -2.33. The Bertz CT molecular complexity index is 609. The molecule has 0 unspecified atom stereocenters. The fourth-order valence-electron chi connectivity index (χ4n) is 1.89. The van der Waals surface area contributed by atoms with E-state index in [1.165, 1.54) is 4.31 Å². The molecule has 1 fully saturated rings. The van der Waals surface area contributed by atoms with E-state index in [2.05, 4.69) is 38.4 Å². The van der Waals surface area contributed by atoms with Crippen molar-refractivity contribution in [2.75, 3.05) is 6.54 Å². The van der Waals surface area contributed by atoms with Gasteiger partial charge in [-0.25, -0.2) is 8.42 Å². The Morgan fingerprint density at radius 1 is 1.37 bits per heavy atom. The minimum atomic E-state index is -3.48. The van der Waals surface area contributed by atoms with Crippen LogP contribution in [0.2, 0.25) is 0 Å². The molecule has 3 nitrogen and oxygen atoms in total. The van der Waals surface area contributed by atoms with Crippen molar-refractivity contribution in [3.8, 4) is 0 Å². The van der Waals surface area contributed by atoms with Crippen LogP contribution in [0.3, 0.4) is 0 Å². The lowest BCUT2D eigenvalue weighted by Gasteiger charge is -2.21. The van der Waals surface area contributed by atoms with Gasteiger partial charge in [0.1, 0.15) is 0 Å². The summed E-state index contributed by atoms with van der Waals surface area (Å²) < 4.78 is 28.4. The van der Waals surface area contributed by atoms with E-state index >= 15 is 0 Å². The molecule has 104 valence electrons. The number of sulfonamides is 1. The van der Waals surface area contributed by atoms with E-state index in [1.54, 1.807) is 12.1 Å². The molecular weight excluding hydrogens is 394 g/mol. The van der Waals surface area contributed by atoms with Gasteiger partial charge in [-0.1, -0.05) is 22.0 Å². The second-order valence-corrected chi connectivity index (χ2v) is 8.19. The standard InChI is InChI=1S/C13H15Br2NO2S/c1-3-6-16(10-4-5-10)19(17,18)13-8-11(14)9(2)7-12(13)15/h3,7-8,10H,1,4-6H2,2H3. The minimum Gasteiger partial charge on any atom is -0.207 e. The number of hydrogen-bond acceptors (Lipinski definition) is 2. The van der Waals surface area contributed by atoms with Gasteiger partial charge in [-0.2, -0.15) is 4.31 Å². The van der Waals surface area contributed by atoms with Crippen molar-refractivity contribution in [1.29, 1.82) is 0 Å². The molecule has 0 saturated heterocycles. The molecule has 0 aromatic heterocycles. The van der Waals surface area contributed by atoms with Crippen LogP contribution in [-0.2, 0) is 10.0 Å². The van der Waals surface area contributed by atoms with E-state index in [-0.39, 0.29) is 6.04 Å². The van der Waals surface area contributed by atoms with Crippen LogP contribution in [0.15, 0.2) is 38.6 Å². The zero-order valence-electron chi connectivity index (χ0n) is 10.6. The highest BCUT2D eigenvalue weighted by molar-refractivity contribution is 9.11. The van der Waals surface area contributed by atoms with Crippen LogP contribution in [-0.4, -0.2) is 25.3 Å². The van der Waals surface area contributed by atoms with Gasteiger partial charge in [0.15, 0.2) is 0 Å². The Morgan fingerprint density at radius 3 is 2.53 bits per heavy atom. The van der Waals surface area contributed by atoms with E-state index in [9.17, 15) is 8.42 Å². The number of hydrogen-bond donors (Lipinski definition) is 0. The van der Waals surface area contributed by atoms with Crippen LogP contribution >= 0.6 is 31.9 Å². The van der Waals surface area contributed by atoms with Crippen molar-refractivity contribution in [2.45, 2.75) is 30.7 Å². The van der Waals surface area contributed by atoms with Crippen molar-refractivity contribution in [1.82, 2.24) is 4.31 Å². The number of rotatable bonds is 5. The van der Waals surface area contributed by atoms with Gasteiger partial charge in [0.05, 0.1) is 4.90 Å². The predicted octanol–water partition coefficient (Wildman–Crippen LogP) is 3.86. The van der Waals surface area contributed by atoms with Crippen molar-refractivity contribution in [3.05, 3.63) is 39.3 Å². The molecule has 1 aromatic rings. The van der Waals surface area contributed by atoms with E-state index in [1.807, 2.05) is 13.0 Å². The fourth-order valence-corrected chi connectivity index (χ4v) is 5.18. The first kappa shape index (κ1) is 15.2. The summed E-state index contributed by atoms with van der Waals surface area (Å²) in [6.45, 7) is 5.92. The molecule has 0 amide bonds. The molecule has 0 spiro atoms. The van der Waals surface area contributed by atoms with Gasteiger partial charge < -0.3 is 0 Å². The summed E-state index contributed by atoms with van der Waals surface area (Å²) in [5.74, 6) is 0. The summed E-state index contributed by atoms with van der Waals surface area (Å²) in [4.78, 5) is 0.304. The summed E-state index contributed by atoms with van der Waals surface area (Å²) in [6, 6.07) is 3.60. The zero-order valence-corrected chi connectivity index (χ0v) is 14.6. The van der Waals surface area contributed by atoms with Gasteiger partial charge in [-0.3, -0.25) is 0 Å². The maximum atomic E-state index is 12.7. The van der Waals surface area contributed by atoms with Gasteiger partial charge in [0, 0.05) is 21.5 Å². The average molecular weight is 409 g/mol. The Kier molecular flexibility index (Phi) is 4.55. The lowest BCUT2D eigenvalue weighted by molar-refractivity contribution is 0.435. The molecule has 0 N–H and O–H groups in total. The van der Waals surface area contributed by atoms with Crippen LogP contribution < -0.4 is 0 Å². The Morgan fingerprint density at radius 2 is 2.00 bits per heavy atom. The topological polar surface area (TPSA) is 37.4 Å². The highest BCUT2D eigenvalue weighted by atomic mass is 79.9. The van der Waals surface area contributed by atoms with E-state index in [0.29, 0.717) is 15.9 Å². The fraction of sp³-hybridized carbons (Fsp3) is 0.385. The molecule has 2 rings (SSSR count). The number of nitrogens with zero attached hydrogens (tertiary/aromatic N) is 1. The third-order valence-corrected chi connectivity index (χ3v) is 6.79. The highest BCUT2D eigenvalue weighted by Gasteiger charge is 2.38. The lowest BCUT2D eigenvalue weighted by atomic mass is 10.2. The molecule has 1 aliphatic rings. The predicted molar refractivity (Wildman–Crippen MR) is 83.7 cm³/mol. The van der Waals surface area contributed by atoms with Crippen LogP contribution in [0.4, 0.5) is 0 Å². The largest absolute Gasteiger partial charge is 0.244 e. The second kappa shape index (κ2) is 5.68. The molecule has 0 bridgehead atoms. The molecule has 1 aliphatic carbocycles. The summed E-state index contributed by atoms with van der Waals surface area (Å²) in [5, 5.41) is 0. The summed E-state index contributed by atoms with van der Waals surface area (Å²) in [5.41, 5.74) is 0.993. The quantitative estimate of drug-likeness (QED) is 0.693. The molecular formula is C13H15Br2NO2S. The second-order valence-electron chi connectivity index (χ2n) is 4.63. The summed E-state index contributed by atoms with van der Waals surface area (Å²) >= 11 is 6.74. The van der Waals surface area contributed by atoms with Crippen molar-refractivity contribution < 1.29 is 8.42 Å². The Labute approximate surface area is 131 Å². The Balaban J connectivity index is 2.48. The third kappa shape index (κ3) is 3.12. The smallest absolute Gasteiger partial charge is 0.207 e. The maximum absolute atomic E-state index is 12.7. The third-order valence-electron chi connectivity index (χ3n) is 3.06. The monoisotopic (exact) mass is 407 g/mol. The van der Waals surface area contributed by atoms with E-state index in [4.69, 9.17) is 0 Å². The SMILES string of the molecule is C=CCN(C1CC1)S(=O)(=O)c1cc(Br)c(C)cc1Br. The van der Waals surface area contributed by atoms with Gasteiger partial charge in [0.25, 0.3) is 0 Å². The molecule has 19 heavy (non-hydrogen) atoms. The molecule has 0 aliphatic heterocycles. The number of aryl methyl sites for hydroxylation is 1. The van der Waals surface area contributed by atoms with Crippen molar-refractivity contribution in [2.24, 2.45) is 0 Å². The summed E-state index contributed by atoms with van der Waals surface area (Å²) in [6.07, 6.45) is 3.49. The van der Waals surface area contributed by atoms with Crippen LogP contribution in [0, 0.1) is 6.92 Å². The van der Waals surface area contributed by atoms with Crippen LogP contribution in [0.5, 0.6) is 0 Å². The first-order chi connectivity index (χ1) is 8.87. The van der Waals surface area contributed by atoms with Crippen molar-refractivity contribution >= 4 is 41.9 Å². The Hall–Kier alpha value is -0.170. The van der Waals surface area contributed by atoms with Crippen molar-refractivity contribution in [3.63, 3.8) is 0 Å². The number of benzene rings is 1. The normalized spacial score (nSPS) is 15.8. The molecule has 1 saturated carbocycles. The van der Waals surface area contributed by atoms with Crippen LogP contribution in [0.25, 0.3) is 0 Å². The molecule has 1 aromatic carbocycles. The van der Waals surface area contributed by atoms with Gasteiger partial charge in [0.2, 0.25) is 10.0 Å². The first-order valence-electron chi connectivity index (χ1n) is 5.96.